The molecule has 1 aromatic heterocycles. The second-order valence-electron chi connectivity index (χ2n) is 9.08. The van der Waals surface area contributed by atoms with E-state index in [1.807, 2.05) is 0 Å². The van der Waals surface area contributed by atoms with Crippen molar-refractivity contribution in [1.82, 2.24) is 26.3 Å². The molecule has 0 unspecified atom stereocenters. The summed E-state index contributed by atoms with van der Waals surface area (Å²) < 4.78 is 11.5. The first-order chi connectivity index (χ1) is 21.2. The van der Waals surface area contributed by atoms with E-state index in [2.05, 4.69) is 31.6 Å². The van der Waals surface area contributed by atoms with E-state index in [1.54, 1.807) is 18.2 Å². The molecule has 1 aliphatic rings. The number of anilines is 1. The van der Waals surface area contributed by atoms with Gasteiger partial charge in [0.25, 0.3) is 29.3 Å². The molecule has 2 heterocycles. The molecule has 4 bridgehead atoms. The molecule has 16 heteroatoms. The SMILES string of the molecule is O=C1COc2cccc(c2NC(=S)c2ccc([N+](=O)[O-])cc2)OCC(=O)NCCNC(=O)c2cccc(n2)C(=O)NCCN1. The Balaban J connectivity index is 1.51. The zero-order chi connectivity index (χ0) is 31.5. The van der Waals surface area contributed by atoms with E-state index < -0.39 is 41.8 Å². The van der Waals surface area contributed by atoms with Crippen LogP contribution in [-0.4, -0.2) is 77.9 Å². The van der Waals surface area contributed by atoms with Crippen molar-refractivity contribution in [3.8, 4) is 11.5 Å². The Labute approximate surface area is 255 Å². The van der Waals surface area contributed by atoms with Gasteiger partial charge in [-0.3, -0.25) is 29.3 Å². The van der Waals surface area contributed by atoms with Gasteiger partial charge in [0, 0.05) is 43.9 Å². The van der Waals surface area contributed by atoms with Crippen LogP contribution >= 0.6 is 12.2 Å². The number of nitrogens with one attached hydrogen (secondary N) is 5. The second kappa shape index (κ2) is 15.0. The van der Waals surface area contributed by atoms with Gasteiger partial charge in [-0.25, -0.2) is 4.98 Å². The number of pyridine rings is 1. The van der Waals surface area contributed by atoms with Crippen molar-refractivity contribution in [3.05, 3.63) is 87.7 Å². The number of thiocarbonyl (C=S) groups is 1. The zero-order valence-electron chi connectivity index (χ0n) is 23.1. The predicted molar refractivity (Wildman–Crippen MR) is 161 cm³/mol. The van der Waals surface area contributed by atoms with E-state index in [0.717, 1.165) is 0 Å². The van der Waals surface area contributed by atoms with Gasteiger partial charge in [0.2, 0.25) is 0 Å². The summed E-state index contributed by atoms with van der Waals surface area (Å²) in [7, 11) is 0. The highest BCUT2D eigenvalue weighted by atomic mass is 32.1. The van der Waals surface area contributed by atoms with Gasteiger partial charge >= 0.3 is 0 Å². The summed E-state index contributed by atoms with van der Waals surface area (Å²) in [5, 5.41) is 24.5. The number of aromatic nitrogens is 1. The number of nitrogens with zero attached hydrogens (tertiary/aromatic N) is 2. The minimum atomic E-state index is -0.531. The van der Waals surface area contributed by atoms with E-state index >= 15 is 0 Å². The average Bonchev–Trinajstić information content (AvgIpc) is 3.03. The maximum Gasteiger partial charge on any atom is 0.269 e. The minimum absolute atomic E-state index is 0.0199. The number of rotatable bonds is 3. The normalized spacial score (nSPS) is 14.9. The highest BCUT2D eigenvalue weighted by Gasteiger charge is 2.18. The smallest absolute Gasteiger partial charge is 0.269 e. The van der Waals surface area contributed by atoms with Gasteiger partial charge in [-0.1, -0.05) is 24.4 Å². The lowest BCUT2D eigenvalue weighted by Gasteiger charge is -2.18. The van der Waals surface area contributed by atoms with E-state index in [1.165, 1.54) is 42.5 Å². The van der Waals surface area contributed by atoms with Gasteiger partial charge in [-0.2, -0.15) is 0 Å². The number of nitro benzene ring substituents is 1. The molecule has 0 saturated heterocycles. The summed E-state index contributed by atoms with van der Waals surface area (Å²) in [4.78, 5) is 64.6. The molecule has 3 aromatic rings. The van der Waals surface area contributed by atoms with Gasteiger partial charge in [0.1, 0.15) is 33.6 Å². The minimum Gasteiger partial charge on any atom is -0.481 e. The molecule has 2 aromatic carbocycles. The van der Waals surface area contributed by atoms with Crippen LogP contribution in [0.1, 0.15) is 26.5 Å². The van der Waals surface area contributed by atoms with Crippen molar-refractivity contribution < 1.29 is 33.6 Å². The summed E-state index contributed by atoms with van der Waals surface area (Å²) >= 11 is 5.49. The summed E-state index contributed by atoms with van der Waals surface area (Å²) in [5.74, 6) is -1.70. The van der Waals surface area contributed by atoms with Crippen molar-refractivity contribution in [2.45, 2.75) is 0 Å². The molecule has 44 heavy (non-hydrogen) atoms. The number of carbonyl (C=O) groups excluding carboxylic acids is 4. The summed E-state index contributed by atoms with van der Waals surface area (Å²) in [6.45, 7) is -0.474. The van der Waals surface area contributed by atoms with Crippen molar-refractivity contribution in [2.75, 3.05) is 44.7 Å². The highest BCUT2D eigenvalue weighted by molar-refractivity contribution is 7.81. The number of benzene rings is 2. The van der Waals surface area contributed by atoms with Crippen molar-refractivity contribution in [1.29, 1.82) is 0 Å². The van der Waals surface area contributed by atoms with Gasteiger partial charge in [-0.15, -0.1) is 0 Å². The largest absolute Gasteiger partial charge is 0.481 e. The maximum absolute atomic E-state index is 12.5. The second-order valence-corrected chi connectivity index (χ2v) is 9.49. The number of hydrogen-bond donors (Lipinski definition) is 5. The molecule has 0 radical (unpaired) electrons. The Morgan fingerprint density at radius 2 is 1.23 bits per heavy atom. The van der Waals surface area contributed by atoms with E-state index in [4.69, 9.17) is 21.7 Å². The number of carbonyl (C=O) groups is 4. The summed E-state index contributed by atoms with van der Waals surface area (Å²) in [6, 6.07) is 14.7. The van der Waals surface area contributed by atoms with Crippen LogP contribution in [0.15, 0.2) is 60.7 Å². The van der Waals surface area contributed by atoms with E-state index in [0.29, 0.717) is 5.56 Å². The van der Waals surface area contributed by atoms with Crippen LogP contribution in [0.5, 0.6) is 11.5 Å². The fourth-order valence-corrected chi connectivity index (χ4v) is 4.05. The van der Waals surface area contributed by atoms with Crippen molar-refractivity contribution >= 4 is 52.2 Å². The van der Waals surface area contributed by atoms with Gasteiger partial charge in [0.15, 0.2) is 13.2 Å². The number of fused-ring (bicyclic) bond motifs is 4. The molecule has 0 spiro atoms. The van der Waals surface area contributed by atoms with Gasteiger partial charge < -0.3 is 36.1 Å². The Hall–Kier alpha value is -5.64. The standard InChI is InChI=1S/C28H27N7O8S/c36-23-15-42-21-5-2-6-22(25(21)34-28(44)17-7-9-18(10-8-17)35(40)41)43-16-24(37)30-12-14-32-27(39)20-4-1-3-19(33-20)26(38)31-13-11-29-23/h1-10H,11-16H2,(H,29,36)(H,30,37)(H,31,38)(H,32,39)(H,34,44). The molecule has 1 aliphatic heterocycles. The molecule has 0 atom stereocenters. The molecule has 15 nitrogen and oxygen atoms in total. The Morgan fingerprint density at radius 1 is 0.750 bits per heavy atom. The molecule has 0 aliphatic carbocycles. The molecular weight excluding hydrogens is 594 g/mol. The first kappa shape index (κ1) is 31.3. The molecule has 4 rings (SSSR count). The monoisotopic (exact) mass is 621 g/mol. The third-order valence-corrected chi connectivity index (χ3v) is 6.30. The summed E-state index contributed by atoms with van der Waals surface area (Å²) in [6.07, 6.45) is 0. The first-order valence-corrected chi connectivity index (χ1v) is 13.6. The van der Waals surface area contributed by atoms with Crippen LogP contribution in [-0.2, 0) is 9.59 Å². The van der Waals surface area contributed by atoms with E-state index in [-0.39, 0.29) is 65.4 Å². The number of nitro groups is 1. The first-order valence-electron chi connectivity index (χ1n) is 13.2. The highest BCUT2D eigenvalue weighted by Crippen LogP contribution is 2.35. The Bertz CT molecular complexity index is 1510. The lowest BCUT2D eigenvalue weighted by atomic mass is 10.2. The molecule has 0 saturated carbocycles. The quantitative estimate of drug-likeness (QED) is 0.158. The van der Waals surface area contributed by atoms with Crippen LogP contribution in [0.4, 0.5) is 11.4 Å². The van der Waals surface area contributed by atoms with Crippen LogP contribution in [0.25, 0.3) is 0 Å². The topological polar surface area (TPSA) is 203 Å². The Morgan fingerprint density at radius 3 is 1.73 bits per heavy atom. The number of non-ortho nitro benzene ring substituents is 1. The van der Waals surface area contributed by atoms with Crippen LogP contribution in [0.2, 0.25) is 0 Å². The molecule has 4 amide bonds. The number of amides is 4. The molecule has 5 N–H and O–H groups in total. The number of para-hydroxylation sites is 1. The Kier molecular flexibility index (Phi) is 10.7. The average molecular weight is 622 g/mol. The van der Waals surface area contributed by atoms with Crippen LogP contribution in [0.3, 0.4) is 0 Å². The fourth-order valence-electron chi connectivity index (χ4n) is 3.81. The zero-order valence-corrected chi connectivity index (χ0v) is 23.9. The lowest BCUT2D eigenvalue weighted by molar-refractivity contribution is -0.384. The predicted octanol–water partition coefficient (Wildman–Crippen LogP) is 0.941. The third-order valence-electron chi connectivity index (χ3n) is 5.96. The third kappa shape index (κ3) is 8.68. The fraction of sp³-hybridized carbons (Fsp3) is 0.214. The molecule has 0 fully saturated rings. The van der Waals surface area contributed by atoms with Crippen LogP contribution in [0, 0.1) is 10.1 Å². The van der Waals surface area contributed by atoms with E-state index in [9.17, 15) is 29.3 Å². The molecular formula is C28H27N7O8S. The number of ether oxygens (including phenoxy) is 2. The van der Waals surface area contributed by atoms with Crippen LogP contribution < -0.4 is 36.1 Å². The van der Waals surface area contributed by atoms with Crippen molar-refractivity contribution in [3.63, 3.8) is 0 Å². The van der Waals surface area contributed by atoms with Gasteiger partial charge in [0.05, 0.1) is 4.92 Å². The van der Waals surface area contributed by atoms with Crippen molar-refractivity contribution in [2.24, 2.45) is 0 Å². The maximum atomic E-state index is 12.5. The lowest BCUT2D eigenvalue weighted by Crippen LogP contribution is -2.38. The molecule has 228 valence electrons. The summed E-state index contributed by atoms with van der Waals surface area (Å²) in [5.41, 5.74) is 0.605. The van der Waals surface area contributed by atoms with Gasteiger partial charge in [-0.05, 0) is 36.4 Å². The number of hydrogen-bond acceptors (Lipinski definition) is 10.